The van der Waals surface area contributed by atoms with Gasteiger partial charge in [-0.3, -0.25) is 14.9 Å². The Morgan fingerprint density at radius 1 is 0.810 bits per heavy atom. The highest BCUT2D eigenvalue weighted by Crippen LogP contribution is 2.25. The summed E-state index contributed by atoms with van der Waals surface area (Å²) in [5.41, 5.74) is 5.95. The van der Waals surface area contributed by atoms with Crippen molar-refractivity contribution in [3.8, 4) is 11.1 Å². The van der Waals surface area contributed by atoms with E-state index in [-0.39, 0.29) is 18.2 Å². The predicted octanol–water partition coefficient (Wildman–Crippen LogP) is 7.95. The minimum atomic E-state index is -0.958. The highest BCUT2D eigenvalue weighted by molar-refractivity contribution is 5.99. The van der Waals surface area contributed by atoms with Gasteiger partial charge in [0, 0.05) is 28.9 Å². The topological polar surface area (TPSA) is 108 Å². The summed E-state index contributed by atoms with van der Waals surface area (Å²) in [7, 11) is 0. The molecule has 0 fully saturated rings. The maximum Gasteiger partial charge on any atom is 0.324 e. The number of rotatable bonds is 13. The summed E-state index contributed by atoms with van der Waals surface area (Å²) in [6.07, 6.45) is 4.26. The Morgan fingerprint density at radius 3 is 2.14 bits per heavy atom. The molecule has 0 spiro atoms. The average molecular weight is 564 g/mol. The van der Waals surface area contributed by atoms with Crippen LogP contribution < -0.4 is 10.6 Å². The highest BCUT2D eigenvalue weighted by Gasteiger charge is 2.22. The Labute approximate surface area is 247 Å². The van der Waals surface area contributed by atoms with Crippen molar-refractivity contribution < 1.29 is 19.5 Å². The van der Waals surface area contributed by atoms with Crippen LogP contribution >= 0.6 is 0 Å². The fourth-order valence-corrected chi connectivity index (χ4v) is 4.83. The van der Waals surface area contributed by atoms with Crippen LogP contribution in [0.4, 0.5) is 16.3 Å². The van der Waals surface area contributed by atoms with Crippen molar-refractivity contribution in [2.45, 2.75) is 52.4 Å². The third-order valence-electron chi connectivity index (χ3n) is 7.28. The fraction of sp³-hybridized carbons (Fsp3) is 0.257. The number of nitrogens with zero attached hydrogens (tertiary/aromatic N) is 1. The van der Waals surface area contributed by atoms with Crippen LogP contribution in [0.3, 0.4) is 0 Å². The van der Waals surface area contributed by atoms with Crippen LogP contribution in [0.5, 0.6) is 0 Å². The standard InChI is InChI=1S/C35H37N3O4/c1-3-4-8-26-12-19-30(20-13-26)37-35(42)38-33-22-21-31(24(2)36-33)27-15-17-28(18-16-27)32(39)23-29(34(40)41)14-11-25-9-6-5-7-10-25/h5-7,9-10,12-13,15-22,29H,3-4,8,11,14,23H2,1-2H3,(H,40,41)(H2,36,37,38,42). The number of carboxylic acids is 1. The molecule has 7 nitrogen and oxygen atoms in total. The average Bonchev–Trinajstić information content (AvgIpc) is 2.99. The Balaban J connectivity index is 1.33. The van der Waals surface area contributed by atoms with Crippen LogP contribution in [0.15, 0.2) is 91.0 Å². The fourth-order valence-electron chi connectivity index (χ4n) is 4.83. The summed E-state index contributed by atoms with van der Waals surface area (Å²) in [5, 5.41) is 15.3. The number of ketones is 1. The van der Waals surface area contributed by atoms with Crippen LogP contribution in [0.2, 0.25) is 0 Å². The molecule has 0 aliphatic carbocycles. The molecule has 7 heteroatoms. The lowest BCUT2D eigenvalue weighted by atomic mass is 9.92. The largest absolute Gasteiger partial charge is 0.481 e. The second-order valence-electron chi connectivity index (χ2n) is 10.5. The summed E-state index contributed by atoms with van der Waals surface area (Å²) in [6.45, 7) is 4.02. The van der Waals surface area contributed by atoms with E-state index in [0.717, 1.165) is 41.6 Å². The molecule has 1 heterocycles. The van der Waals surface area contributed by atoms with E-state index in [4.69, 9.17) is 0 Å². The van der Waals surface area contributed by atoms with E-state index in [1.807, 2.05) is 79.7 Å². The zero-order valence-electron chi connectivity index (χ0n) is 24.1. The van der Waals surface area contributed by atoms with E-state index in [9.17, 15) is 19.5 Å². The summed E-state index contributed by atoms with van der Waals surface area (Å²) < 4.78 is 0. The molecular weight excluding hydrogens is 526 g/mol. The molecule has 0 saturated carbocycles. The lowest BCUT2D eigenvalue weighted by Gasteiger charge is -2.13. The number of aromatic nitrogens is 1. The number of urea groups is 1. The molecule has 0 saturated heterocycles. The van der Waals surface area contributed by atoms with E-state index in [2.05, 4.69) is 22.5 Å². The molecule has 0 bridgehead atoms. The predicted molar refractivity (Wildman–Crippen MR) is 167 cm³/mol. The second kappa shape index (κ2) is 14.7. The number of anilines is 2. The van der Waals surface area contributed by atoms with E-state index < -0.39 is 11.9 Å². The Bertz CT molecular complexity index is 1500. The number of nitrogens with one attached hydrogen (secondary N) is 2. The maximum atomic E-state index is 12.9. The minimum absolute atomic E-state index is 0.0481. The number of aryl methyl sites for hydroxylation is 3. The number of benzene rings is 3. The molecule has 4 rings (SSSR count). The van der Waals surface area contributed by atoms with Gasteiger partial charge in [0.2, 0.25) is 0 Å². The molecule has 3 aromatic carbocycles. The summed E-state index contributed by atoms with van der Waals surface area (Å²) >= 11 is 0. The second-order valence-corrected chi connectivity index (χ2v) is 10.5. The van der Waals surface area contributed by atoms with Gasteiger partial charge in [-0.25, -0.2) is 9.78 Å². The van der Waals surface area contributed by atoms with E-state index >= 15 is 0 Å². The highest BCUT2D eigenvalue weighted by atomic mass is 16.4. The number of carboxylic acid groups (broad SMARTS) is 1. The van der Waals surface area contributed by atoms with E-state index in [0.29, 0.717) is 29.9 Å². The van der Waals surface area contributed by atoms with Crippen molar-refractivity contribution in [1.29, 1.82) is 0 Å². The van der Waals surface area contributed by atoms with Crippen molar-refractivity contribution in [2.75, 3.05) is 10.6 Å². The quantitative estimate of drug-likeness (QED) is 0.143. The van der Waals surface area contributed by atoms with Crippen LogP contribution in [0, 0.1) is 12.8 Å². The normalized spacial score (nSPS) is 11.5. The van der Waals surface area contributed by atoms with Gasteiger partial charge in [-0.05, 0) is 73.6 Å². The molecule has 3 N–H and O–H groups in total. The first-order valence-corrected chi connectivity index (χ1v) is 14.4. The van der Waals surface area contributed by atoms with Crippen LogP contribution in [-0.4, -0.2) is 27.9 Å². The monoisotopic (exact) mass is 563 g/mol. The number of carbonyl (C=O) groups is 3. The molecule has 0 radical (unpaired) electrons. The SMILES string of the molecule is CCCCc1ccc(NC(=O)Nc2ccc(-c3ccc(C(=O)CC(CCc4ccccc4)C(=O)O)cc3)c(C)n2)cc1. The molecule has 1 unspecified atom stereocenters. The van der Waals surface area contributed by atoms with E-state index in [1.165, 1.54) is 5.56 Å². The Kier molecular flexibility index (Phi) is 10.6. The van der Waals surface area contributed by atoms with E-state index in [1.54, 1.807) is 18.2 Å². The number of Topliss-reactive ketones (excluding diaryl/α,β-unsaturated/α-hetero) is 1. The molecule has 42 heavy (non-hydrogen) atoms. The molecule has 4 aromatic rings. The van der Waals surface area contributed by atoms with Crippen molar-refractivity contribution in [3.63, 3.8) is 0 Å². The third kappa shape index (κ3) is 8.61. The van der Waals surface area contributed by atoms with Gasteiger partial charge < -0.3 is 10.4 Å². The van der Waals surface area contributed by atoms with Gasteiger partial charge in [0.15, 0.2) is 5.78 Å². The molecule has 216 valence electrons. The number of carbonyl (C=O) groups excluding carboxylic acids is 2. The van der Waals surface area contributed by atoms with Gasteiger partial charge in [0.1, 0.15) is 5.82 Å². The van der Waals surface area contributed by atoms with Gasteiger partial charge in [-0.15, -0.1) is 0 Å². The number of hydrogen-bond donors (Lipinski definition) is 3. The molecule has 1 aromatic heterocycles. The van der Waals surface area contributed by atoms with Gasteiger partial charge in [0.05, 0.1) is 5.92 Å². The summed E-state index contributed by atoms with van der Waals surface area (Å²) in [4.78, 5) is 41.7. The maximum absolute atomic E-state index is 12.9. The van der Waals surface area contributed by atoms with Crippen molar-refractivity contribution in [3.05, 3.63) is 113 Å². The summed E-state index contributed by atoms with van der Waals surface area (Å²) in [6, 6.07) is 27.9. The van der Waals surface area contributed by atoms with Gasteiger partial charge in [-0.2, -0.15) is 0 Å². The zero-order chi connectivity index (χ0) is 29.9. The van der Waals surface area contributed by atoms with Gasteiger partial charge in [0.25, 0.3) is 0 Å². The first-order chi connectivity index (χ1) is 20.3. The van der Waals surface area contributed by atoms with Gasteiger partial charge in [-0.1, -0.05) is 80.1 Å². The summed E-state index contributed by atoms with van der Waals surface area (Å²) in [5.74, 6) is -1.47. The lowest BCUT2D eigenvalue weighted by Crippen LogP contribution is -2.20. The van der Waals surface area contributed by atoms with Crippen LogP contribution in [0.1, 0.15) is 59.8 Å². The Morgan fingerprint density at radius 2 is 1.50 bits per heavy atom. The van der Waals surface area contributed by atoms with Crippen molar-refractivity contribution >= 4 is 29.3 Å². The minimum Gasteiger partial charge on any atom is -0.481 e. The number of unbranched alkanes of at least 4 members (excludes halogenated alkanes) is 1. The van der Waals surface area contributed by atoms with Crippen molar-refractivity contribution in [2.24, 2.45) is 5.92 Å². The number of aliphatic carboxylic acids is 1. The number of hydrogen-bond acceptors (Lipinski definition) is 4. The first kappa shape index (κ1) is 30.2. The number of pyridine rings is 1. The zero-order valence-corrected chi connectivity index (χ0v) is 24.1. The third-order valence-corrected chi connectivity index (χ3v) is 7.28. The molecule has 0 aliphatic rings. The molecule has 2 amide bonds. The lowest BCUT2D eigenvalue weighted by molar-refractivity contribution is -0.141. The molecule has 1 atom stereocenters. The van der Waals surface area contributed by atoms with Crippen molar-refractivity contribution in [1.82, 2.24) is 4.98 Å². The smallest absolute Gasteiger partial charge is 0.324 e. The first-order valence-electron chi connectivity index (χ1n) is 14.4. The van der Waals surface area contributed by atoms with Crippen LogP contribution in [0.25, 0.3) is 11.1 Å². The van der Waals surface area contributed by atoms with Crippen LogP contribution in [-0.2, 0) is 17.6 Å². The number of amides is 2. The Hall–Kier alpha value is -4.78. The molecule has 0 aliphatic heterocycles. The molecular formula is C35H37N3O4. The van der Waals surface area contributed by atoms with Gasteiger partial charge >= 0.3 is 12.0 Å².